The van der Waals surface area contributed by atoms with Crippen molar-refractivity contribution < 1.29 is 17.9 Å². The maximum atomic E-state index is 12.8. The molecule has 4 heterocycles. The summed E-state index contributed by atoms with van der Waals surface area (Å²) in [4.78, 5) is 12.2. The quantitative estimate of drug-likeness (QED) is 0.467. The van der Waals surface area contributed by atoms with Gasteiger partial charge in [-0.25, -0.2) is 9.97 Å². The van der Waals surface area contributed by atoms with E-state index in [-0.39, 0.29) is 23.6 Å². The third-order valence-corrected chi connectivity index (χ3v) is 6.96. The second kappa shape index (κ2) is 9.47. The van der Waals surface area contributed by atoms with Crippen LogP contribution >= 0.6 is 0 Å². The minimum Gasteiger partial charge on any atom is -0.351 e. The molecule has 35 heavy (non-hydrogen) atoms. The fraction of sp³-hybridized carbons (Fsp3) is 0.652. The summed E-state index contributed by atoms with van der Waals surface area (Å²) >= 11 is 0. The van der Waals surface area contributed by atoms with E-state index in [1.165, 1.54) is 0 Å². The van der Waals surface area contributed by atoms with Gasteiger partial charge in [0.05, 0.1) is 18.7 Å². The minimum absolute atomic E-state index is 0.0727. The van der Waals surface area contributed by atoms with Crippen molar-refractivity contribution in [2.24, 2.45) is 0 Å². The van der Waals surface area contributed by atoms with Crippen LogP contribution in [0.25, 0.3) is 0 Å². The molecule has 1 saturated carbocycles. The highest BCUT2D eigenvalue weighted by molar-refractivity contribution is 5.28. The number of likely N-dealkylation sites (N-methyl/N-ethyl adjacent to an activating group) is 1. The molecule has 1 N–H and O–H groups in total. The normalized spacial score (nSPS) is 27.4. The third-order valence-electron chi connectivity index (χ3n) is 6.96. The van der Waals surface area contributed by atoms with Gasteiger partial charge in [-0.15, -0.1) is 10.2 Å². The molecule has 9 nitrogen and oxygen atoms in total. The van der Waals surface area contributed by atoms with E-state index in [1.54, 1.807) is 0 Å². The van der Waals surface area contributed by atoms with Crippen molar-refractivity contribution >= 4 is 5.95 Å². The van der Waals surface area contributed by atoms with E-state index in [2.05, 4.69) is 52.0 Å². The highest BCUT2D eigenvalue weighted by Gasteiger charge is 2.49. The van der Waals surface area contributed by atoms with Gasteiger partial charge in [-0.3, -0.25) is 4.90 Å². The first-order valence-electron chi connectivity index (χ1n) is 12.0. The Balaban J connectivity index is 1.22. The topological polar surface area (TPSA) is 87.5 Å². The lowest BCUT2D eigenvalue weighted by atomic mass is 9.85. The molecule has 2 aromatic heterocycles. The highest BCUT2D eigenvalue weighted by atomic mass is 19.4. The number of nitrogens with one attached hydrogen (secondary N) is 1. The van der Waals surface area contributed by atoms with E-state index in [4.69, 9.17) is 4.74 Å². The second-order valence-corrected chi connectivity index (χ2v) is 9.84. The second-order valence-electron chi connectivity index (χ2n) is 9.84. The Morgan fingerprint density at radius 1 is 1.20 bits per heavy atom. The zero-order valence-corrected chi connectivity index (χ0v) is 20.0. The Bertz CT molecular complexity index is 1050. The molecular formula is C23H31F3N8O. The Morgan fingerprint density at radius 3 is 2.66 bits per heavy atom. The Morgan fingerprint density at radius 2 is 1.97 bits per heavy atom. The Hall–Kier alpha value is -2.57. The van der Waals surface area contributed by atoms with Crippen LogP contribution in [0.4, 0.5) is 19.1 Å². The van der Waals surface area contributed by atoms with E-state index < -0.39 is 11.7 Å². The van der Waals surface area contributed by atoms with Crippen LogP contribution in [-0.4, -0.2) is 80.1 Å². The van der Waals surface area contributed by atoms with Crippen LogP contribution in [-0.2, 0) is 24.0 Å². The van der Waals surface area contributed by atoms with E-state index in [0.29, 0.717) is 13.2 Å². The van der Waals surface area contributed by atoms with Crippen molar-refractivity contribution in [2.45, 2.75) is 62.6 Å². The number of anilines is 1. The number of fused-ring (bicyclic) bond motifs is 1. The molecule has 0 spiro atoms. The first kappa shape index (κ1) is 24.1. The predicted octanol–water partition coefficient (Wildman–Crippen LogP) is 2.89. The van der Waals surface area contributed by atoms with Crippen molar-refractivity contribution in [3.8, 4) is 0 Å². The van der Waals surface area contributed by atoms with E-state index in [9.17, 15) is 13.2 Å². The number of hydrogen-bond acceptors (Lipinski definition) is 8. The van der Waals surface area contributed by atoms with E-state index in [1.807, 2.05) is 14.1 Å². The number of aromatic nitrogens is 5. The zero-order chi connectivity index (χ0) is 24.6. The minimum atomic E-state index is -4.44. The van der Waals surface area contributed by atoms with Gasteiger partial charge in [-0.1, -0.05) is 12.5 Å². The van der Waals surface area contributed by atoms with Crippen LogP contribution in [0.15, 0.2) is 24.5 Å². The molecule has 5 rings (SSSR count). The molecule has 3 aliphatic rings. The first-order valence-corrected chi connectivity index (χ1v) is 12.0. The van der Waals surface area contributed by atoms with Crippen LogP contribution in [0.1, 0.15) is 48.8 Å². The van der Waals surface area contributed by atoms with Gasteiger partial charge in [-0.05, 0) is 39.4 Å². The third kappa shape index (κ3) is 5.34. The standard InChI is InChI=1S/C23H31F3N8O/c1-32(2)8-4-7-22(15-35-22)33-9-10-34-19(14-33)30-31-20(34)16-5-3-6-18(11-16)29-21-27-12-17(13-28-21)23(24,25)26/h4,7,12-13,16,18H,3,5-6,8-11,14-15H2,1-2H3,(H,27,28,29)/b7-4+/t16-,18+,22?/m0/s1. The Labute approximate surface area is 202 Å². The summed E-state index contributed by atoms with van der Waals surface area (Å²) in [5, 5.41) is 12.3. The summed E-state index contributed by atoms with van der Waals surface area (Å²) in [7, 11) is 4.08. The average Bonchev–Trinajstić information content (AvgIpc) is 3.49. The fourth-order valence-electron chi connectivity index (χ4n) is 5.00. The summed E-state index contributed by atoms with van der Waals surface area (Å²) in [5.41, 5.74) is -1.17. The van der Waals surface area contributed by atoms with Crippen LogP contribution in [0.5, 0.6) is 0 Å². The lowest BCUT2D eigenvalue weighted by molar-refractivity contribution is -0.138. The van der Waals surface area contributed by atoms with Crippen molar-refractivity contribution in [2.75, 3.05) is 39.1 Å². The van der Waals surface area contributed by atoms with Crippen molar-refractivity contribution in [1.82, 2.24) is 34.5 Å². The Kier molecular flexibility index (Phi) is 6.53. The lowest BCUT2D eigenvalue weighted by Gasteiger charge is -2.33. The molecule has 3 atom stereocenters. The molecular weight excluding hydrogens is 461 g/mol. The van der Waals surface area contributed by atoms with Crippen LogP contribution < -0.4 is 5.32 Å². The average molecular weight is 493 g/mol. The monoisotopic (exact) mass is 492 g/mol. The van der Waals surface area contributed by atoms with Gasteiger partial charge < -0.3 is 19.5 Å². The van der Waals surface area contributed by atoms with E-state index in [0.717, 1.165) is 69.4 Å². The maximum Gasteiger partial charge on any atom is 0.419 e. The summed E-state index contributed by atoms with van der Waals surface area (Å²) in [6.45, 7) is 3.92. The molecule has 1 saturated heterocycles. The number of rotatable bonds is 7. The smallest absolute Gasteiger partial charge is 0.351 e. The number of alkyl halides is 3. The number of nitrogens with zero attached hydrogens (tertiary/aromatic N) is 7. The number of epoxide rings is 1. The summed E-state index contributed by atoms with van der Waals surface area (Å²) in [5.74, 6) is 2.39. The molecule has 1 aliphatic carbocycles. The van der Waals surface area contributed by atoms with Crippen LogP contribution in [0.2, 0.25) is 0 Å². The zero-order valence-electron chi connectivity index (χ0n) is 20.0. The van der Waals surface area contributed by atoms with Gasteiger partial charge >= 0.3 is 6.18 Å². The van der Waals surface area contributed by atoms with Gasteiger partial charge in [0.25, 0.3) is 0 Å². The first-order chi connectivity index (χ1) is 16.7. The molecule has 1 unspecified atom stereocenters. The van der Waals surface area contributed by atoms with Crippen LogP contribution in [0, 0.1) is 0 Å². The summed E-state index contributed by atoms with van der Waals surface area (Å²) < 4.78 is 46.4. The number of ether oxygens (including phenoxy) is 1. The molecule has 0 amide bonds. The summed E-state index contributed by atoms with van der Waals surface area (Å²) in [6.07, 6.45) is 5.23. The summed E-state index contributed by atoms with van der Waals surface area (Å²) in [6, 6.07) is 0.0727. The van der Waals surface area contributed by atoms with Gasteiger partial charge in [-0.2, -0.15) is 13.2 Å². The van der Waals surface area contributed by atoms with Gasteiger partial charge in [0, 0.05) is 44.0 Å². The fourth-order valence-corrected chi connectivity index (χ4v) is 5.00. The number of hydrogen-bond donors (Lipinski definition) is 1. The predicted molar refractivity (Wildman–Crippen MR) is 122 cm³/mol. The molecule has 2 fully saturated rings. The van der Waals surface area contributed by atoms with Crippen molar-refractivity contribution in [3.05, 3.63) is 41.8 Å². The molecule has 0 radical (unpaired) electrons. The van der Waals surface area contributed by atoms with Crippen molar-refractivity contribution in [1.29, 1.82) is 0 Å². The lowest BCUT2D eigenvalue weighted by Crippen LogP contribution is -2.43. The van der Waals surface area contributed by atoms with E-state index >= 15 is 0 Å². The largest absolute Gasteiger partial charge is 0.419 e. The number of halogens is 3. The highest BCUT2D eigenvalue weighted by Crippen LogP contribution is 2.38. The molecule has 0 bridgehead atoms. The molecule has 2 aliphatic heterocycles. The molecule has 12 heteroatoms. The van der Waals surface area contributed by atoms with Crippen molar-refractivity contribution in [3.63, 3.8) is 0 Å². The SMILES string of the molecule is CN(C)C/C=C/C1(N2CCn3c(nnc3[C@H]3CCC[C@@H](Nc4ncc(C(F)(F)F)cn4)C3)C2)CO1. The molecule has 0 aromatic carbocycles. The maximum absolute atomic E-state index is 12.8. The van der Waals surface area contributed by atoms with Gasteiger partial charge in [0.15, 0.2) is 5.72 Å². The van der Waals surface area contributed by atoms with Crippen LogP contribution in [0.3, 0.4) is 0 Å². The van der Waals surface area contributed by atoms with Gasteiger partial charge in [0.2, 0.25) is 5.95 Å². The van der Waals surface area contributed by atoms with Gasteiger partial charge in [0.1, 0.15) is 11.6 Å². The molecule has 190 valence electrons. The molecule has 2 aromatic rings.